The van der Waals surface area contributed by atoms with Crippen LogP contribution in [0.3, 0.4) is 0 Å². The van der Waals surface area contributed by atoms with E-state index in [0.29, 0.717) is 0 Å². The Morgan fingerprint density at radius 1 is 0.485 bits per heavy atom. The van der Waals surface area contributed by atoms with Crippen LogP contribution >= 0.6 is 22.7 Å². The van der Waals surface area contributed by atoms with Gasteiger partial charge in [-0.3, -0.25) is 0 Å². The van der Waals surface area contributed by atoms with Gasteiger partial charge < -0.3 is 9.38 Å². The van der Waals surface area contributed by atoms with Crippen molar-refractivity contribution in [3.63, 3.8) is 0 Å². The molecule has 5 heteroatoms. The van der Waals surface area contributed by atoms with Crippen molar-refractivity contribution in [3.8, 4) is 27.9 Å². The molecular formula is C63H55BN2S2. The minimum atomic E-state index is -0.181. The largest absolute Gasteiger partial charge is 0.376 e. The Bertz CT molecular complexity index is 4060. The summed E-state index contributed by atoms with van der Waals surface area (Å²) in [5.74, 6) is 0. The Balaban J connectivity index is 1.22. The molecule has 68 heavy (non-hydrogen) atoms. The molecule has 0 spiro atoms. The molecular weight excluding hydrogens is 860 g/mol. The fourth-order valence-electron chi connectivity index (χ4n) is 12.6. The van der Waals surface area contributed by atoms with Gasteiger partial charge in [-0.05, 0) is 126 Å². The number of benzene rings is 8. The van der Waals surface area contributed by atoms with Gasteiger partial charge in [0.05, 0.1) is 11.0 Å². The molecule has 0 radical (unpaired) electrons. The van der Waals surface area contributed by atoms with Crippen molar-refractivity contribution in [2.75, 3.05) is 4.81 Å². The lowest BCUT2D eigenvalue weighted by Crippen LogP contribution is -2.60. The second kappa shape index (κ2) is 13.1. The van der Waals surface area contributed by atoms with Gasteiger partial charge >= 0.3 is 6.85 Å². The molecule has 0 bridgehead atoms. The molecule has 0 N–H and O–H groups in total. The third-order valence-electron chi connectivity index (χ3n) is 16.2. The molecule has 3 aliphatic rings. The first kappa shape index (κ1) is 40.9. The maximum Gasteiger partial charge on any atom is 0.333 e. The topological polar surface area (TPSA) is 8.17 Å². The summed E-state index contributed by atoms with van der Waals surface area (Å²) in [7, 11) is 0. The van der Waals surface area contributed by atoms with Gasteiger partial charge in [-0.2, -0.15) is 0 Å². The Morgan fingerprint density at radius 3 is 1.84 bits per heavy atom. The highest BCUT2D eigenvalue weighted by Gasteiger charge is 2.48. The van der Waals surface area contributed by atoms with E-state index in [1.165, 1.54) is 140 Å². The van der Waals surface area contributed by atoms with Crippen LogP contribution in [0.5, 0.6) is 0 Å². The van der Waals surface area contributed by atoms with Crippen LogP contribution in [0.2, 0.25) is 0 Å². The van der Waals surface area contributed by atoms with Crippen molar-refractivity contribution >= 4 is 114 Å². The molecule has 0 atom stereocenters. The molecule has 3 aromatic heterocycles. The summed E-state index contributed by atoms with van der Waals surface area (Å²) >= 11 is 3.91. The first-order chi connectivity index (χ1) is 32.4. The van der Waals surface area contributed by atoms with E-state index in [1.54, 1.807) is 0 Å². The van der Waals surface area contributed by atoms with E-state index in [-0.39, 0.29) is 28.5 Å². The second-order valence-electron chi connectivity index (χ2n) is 23.8. The summed E-state index contributed by atoms with van der Waals surface area (Å²) in [5, 5.41) is 8.17. The molecule has 332 valence electrons. The van der Waals surface area contributed by atoms with E-state index in [9.17, 15) is 0 Å². The number of rotatable bonds is 1. The summed E-state index contributed by atoms with van der Waals surface area (Å²) in [6, 6.07) is 53.0. The number of thiophene rings is 2. The lowest BCUT2D eigenvalue weighted by molar-refractivity contribution is 0.589. The molecule has 0 fully saturated rings. The van der Waals surface area contributed by atoms with E-state index in [2.05, 4.69) is 219 Å². The van der Waals surface area contributed by atoms with E-state index >= 15 is 0 Å². The number of hydrogen-bond acceptors (Lipinski definition) is 3. The average molecular weight is 915 g/mol. The van der Waals surface area contributed by atoms with Crippen LogP contribution in [-0.2, 0) is 21.7 Å². The quantitative estimate of drug-likeness (QED) is 0.149. The highest BCUT2D eigenvalue weighted by atomic mass is 32.1. The van der Waals surface area contributed by atoms with Gasteiger partial charge in [0, 0.05) is 79.2 Å². The van der Waals surface area contributed by atoms with Crippen molar-refractivity contribution in [1.29, 1.82) is 0 Å². The Kier molecular flexibility index (Phi) is 7.90. The molecule has 0 saturated heterocycles. The molecule has 8 aromatic carbocycles. The fourth-order valence-corrected chi connectivity index (χ4v) is 15.0. The molecule has 14 rings (SSSR count). The monoisotopic (exact) mass is 914 g/mol. The predicted octanol–water partition coefficient (Wildman–Crippen LogP) is 17.0. The van der Waals surface area contributed by atoms with Crippen LogP contribution in [-0.4, -0.2) is 11.4 Å². The predicted molar refractivity (Wildman–Crippen MR) is 299 cm³/mol. The third kappa shape index (κ3) is 5.30. The van der Waals surface area contributed by atoms with E-state index in [1.807, 2.05) is 22.7 Å². The highest BCUT2D eigenvalue weighted by Crippen LogP contribution is 2.58. The number of hydrogen-bond donors (Lipinski definition) is 0. The highest BCUT2D eigenvalue weighted by molar-refractivity contribution is 7.27. The molecule has 0 amide bonds. The van der Waals surface area contributed by atoms with E-state index in [4.69, 9.17) is 0 Å². The Hall–Kier alpha value is -6.14. The van der Waals surface area contributed by atoms with Crippen LogP contribution in [0.15, 0.2) is 133 Å². The van der Waals surface area contributed by atoms with Gasteiger partial charge in [-0.25, -0.2) is 0 Å². The second-order valence-corrected chi connectivity index (χ2v) is 25.9. The van der Waals surface area contributed by atoms with Crippen LogP contribution in [0.4, 0.5) is 11.4 Å². The van der Waals surface area contributed by atoms with Gasteiger partial charge in [-0.15, -0.1) is 22.7 Å². The smallest absolute Gasteiger partial charge is 0.333 e. The number of anilines is 2. The van der Waals surface area contributed by atoms with E-state index in [0.717, 1.165) is 0 Å². The zero-order valence-corrected chi connectivity index (χ0v) is 42.6. The summed E-state index contributed by atoms with van der Waals surface area (Å²) in [6.07, 6.45) is 0. The number of fused-ring (bicyclic) bond motifs is 19. The first-order valence-electron chi connectivity index (χ1n) is 24.5. The summed E-state index contributed by atoms with van der Waals surface area (Å²) in [4.78, 5) is 2.77. The molecule has 2 aliphatic heterocycles. The van der Waals surface area contributed by atoms with Crippen LogP contribution in [0.25, 0.3) is 90.1 Å². The Morgan fingerprint density at radius 2 is 1.12 bits per heavy atom. The van der Waals surface area contributed by atoms with Gasteiger partial charge in [-0.1, -0.05) is 155 Å². The number of aromatic nitrogens is 1. The minimum Gasteiger partial charge on any atom is -0.376 e. The van der Waals surface area contributed by atoms with Crippen molar-refractivity contribution in [3.05, 3.63) is 161 Å². The van der Waals surface area contributed by atoms with Crippen molar-refractivity contribution in [2.45, 2.75) is 97.8 Å². The third-order valence-corrected chi connectivity index (χ3v) is 18.5. The SMILES string of the molecule is CC(C)(C)c1ccc(N2B3c4cc5c(cc4-n4c6ccc(C(C)(C)C)cc6c6c7sc8ccccc8c7c(c3c64)-c3cc4c(cc32)-c2cc(C(C)(C)C)ccc2C4(C)C)sc2ccccc25)cc1. The molecule has 0 unspecified atom stereocenters. The van der Waals surface area contributed by atoms with Gasteiger partial charge in [0.2, 0.25) is 0 Å². The van der Waals surface area contributed by atoms with Gasteiger partial charge in [0.1, 0.15) is 0 Å². The van der Waals surface area contributed by atoms with Gasteiger partial charge in [0.15, 0.2) is 0 Å². The molecule has 1 aliphatic carbocycles. The zero-order chi connectivity index (χ0) is 46.7. The van der Waals surface area contributed by atoms with Crippen molar-refractivity contribution < 1.29 is 0 Å². The molecule has 0 saturated carbocycles. The molecule has 11 aromatic rings. The van der Waals surface area contributed by atoms with Crippen molar-refractivity contribution in [2.24, 2.45) is 0 Å². The maximum atomic E-state index is 2.77. The zero-order valence-electron chi connectivity index (χ0n) is 41.0. The lowest BCUT2D eigenvalue weighted by atomic mass is 9.43. The van der Waals surface area contributed by atoms with Crippen LogP contribution in [0, 0.1) is 0 Å². The van der Waals surface area contributed by atoms with Crippen LogP contribution in [0.1, 0.15) is 104 Å². The lowest BCUT2D eigenvalue weighted by Gasteiger charge is -2.43. The summed E-state index contributed by atoms with van der Waals surface area (Å²) < 4.78 is 8.11. The summed E-state index contributed by atoms with van der Waals surface area (Å²) in [5.41, 5.74) is 21.5. The average Bonchev–Trinajstić information content (AvgIpc) is 4.03. The number of nitrogens with zero attached hydrogens (tertiary/aromatic N) is 2. The standard InChI is InChI=1S/C63H55BN2S2/c1-60(2,3)34-20-24-37(25-21-34)66-49-32-41-40-28-35(61(4,5)6)22-26-45(40)63(10,11)46(41)30-44(49)54-55-39-17-13-15-19-52(39)68-59(55)56-43-29-36(62(7,8)9)23-27-48(43)65-50-33-53-42(38-16-12-14-18-51(38)67-53)31-47(50)64(66)57(54)58(56)65/h12-33H,1-11H3. The van der Waals surface area contributed by atoms with E-state index < -0.39 is 0 Å². The molecule has 2 nitrogen and oxygen atoms in total. The van der Waals surface area contributed by atoms with Crippen LogP contribution < -0.4 is 15.7 Å². The first-order valence-corrected chi connectivity index (χ1v) is 26.2. The van der Waals surface area contributed by atoms with Gasteiger partial charge in [0.25, 0.3) is 0 Å². The normalized spacial score (nSPS) is 15.0. The molecule has 5 heterocycles. The van der Waals surface area contributed by atoms with Crippen molar-refractivity contribution in [1.82, 2.24) is 4.57 Å². The summed E-state index contributed by atoms with van der Waals surface area (Å²) in [6.45, 7) is 25.9. The minimum absolute atomic E-state index is 0.00662. The Labute approximate surface area is 408 Å². The maximum absolute atomic E-state index is 2.77. The fraction of sp³-hybridized carbons (Fsp3) is 0.238.